The van der Waals surface area contributed by atoms with E-state index in [9.17, 15) is 19.8 Å². The number of hydrogen-bond donors (Lipinski definition) is 2. The van der Waals surface area contributed by atoms with Crippen molar-refractivity contribution in [1.29, 1.82) is 0 Å². The van der Waals surface area contributed by atoms with Crippen molar-refractivity contribution < 1.29 is 29.3 Å². The highest BCUT2D eigenvalue weighted by molar-refractivity contribution is 5.78. The molecule has 0 radical (unpaired) electrons. The maximum absolute atomic E-state index is 13.3. The molecular weight excluding hydrogens is 661 g/mol. The van der Waals surface area contributed by atoms with Gasteiger partial charge in [-0.1, -0.05) is 179 Å². The van der Waals surface area contributed by atoms with Gasteiger partial charge in [-0.05, 0) is 65.4 Å². The Morgan fingerprint density at radius 3 is 1.19 bits per heavy atom. The molecule has 0 saturated heterocycles. The van der Waals surface area contributed by atoms with Gasteiger partial charge in [0.15, 0.2) is 0 Å². The van der Waals surface area contributed by atoms with Crippen LogP contribution in [0.5, 0.6) is 11.5 Å². The highest BCUT2D eigenvalue weighted by Gasteiger charge is 2.25. The second-order valence-corrected chi connectivity index (χ2v) is 14.8. The second kappa shape index (κ2) is 26.9. The van der Waals surface area contributed by atoms with Crippen molar-refractivity contribution in [3.8, 4) is 33.8 Å². The molecule has 0 aliphatic heterocycles. The number of aromatic hydroxyl groups is 2. The first-order valence-corrected chi connectivity index (χ1v) is 21.0. The molecule has 6 nitrogen and oxygen atoms in total. The summed E-state index contributed by atoms with van der Waals surface area (Å²) in [6.07, 6.45) is 25.6. The number of hydrogen-bond acceptors (Lipinski definition) is 6. The van der Waals surface area contributed by atoms with Gasteiger partial charge in [-0.25, -0.2) is 0 Å². The van der Waals surface area contributed by atoms with E-state index in [0.29, 0.717) is 5.56 Å². The van der Waals surface area contributed by atoms with Crippen LogP contribution < -0.4 is 0 Å². The molecule has 0 saturated carbocycles. The van der Waals surface area contributed by atoms with Crippen LogP contribution in [-0.2, 0) is 19.1 Å². The molecule has 3 aromatic rings. The molecule has 2 N–H and O–H groups in total. The molecule has 0 heterocycles. The fraction of sp³-hybridized carbons (Fsp3) is 0.574. The Morgan fingerprint density at radius 2 is 0.792 bits per heavy atom. The monoisotopic (exact) mass is 729 g/mol. The lowest BCUT2D eigenvalue weighted by Gasteiger charge is -2.22. The Morgan fingerprint density at radius 1 is 0.453 bits per heavy atom. The number of unbranched alkanes of at least 4 members (excludes halogenated alkanes) is 20. The minimum absolute atomic E-state index is 0.137. The Bertz CT molecular complexity index is 1370. The van der Waals surface area contributed by atoms with Gasteiger partial charge in [-0.2, -0.15) is 0 Å². The summed E-state index contributed by atoms with van der Waals surface area (Å²) in [7, 11) is 0. The molecule has 3 aromatic carbocycles. The number of phenols is 2. The van der Waals surface area contributed by atoms with Gasteiger partial charge in [0.2, 0.25) is 0 Å². The van der Waals surface area contributed by atoms with Crippen molar-refractivity contribution in [2.75, 3.05) is 0 Å². The highest BCUT2D eigenvalue weighted by atomic mass is 16.7. The predicted octanol–water partition coefficient (Wildman–Crippen LogP) is 13.9. The molecule has 292 valence electrons. The Hall–Kier alpha value is -3.80. The quantitative estimate of drug-likeness (QED) is 0.0420. The van der Waals surface area contributed by atoms with Crippen LogP contribution in [0.1, 0.15) is 180 Å². The van der Waals surface area contributed by atoms with E-state index in [-0.39, 0.29) is 36.3 Å². The average Bonchev–Trinajstić information content (AvgIpc) is 3.16. The number of rotatable bonds is 29. The summed E-state index contributed by atoms with van der Waals surface area (Å²) in [4.78, 5) is 26.5. The van der Waals surface area contributed by atoms with Gasteiger partial charge in [0.25, 0.3) is 6.29 Å². The number of ether oxygens (including phenoxy) is 2. The first kappa shape index (κ1) is 43.6. The van der Waals surface area contributed by atoms with Crippen LogP contribution in [0.15, 0.2) is 66.7 Å². The summed E-state index contributed by atoms with van der Waals surface area (Å²) in [5.41, 5.74) is 3.86. The molecule has 0 unspecified atom stereocenters. The highest BCUT2D eigenvalue weighted by Crippen LogP contribution is 2.36. The largest absolute Gasteiger partial charge is 0.508 e. The van der Waals surface area contributed by atoms with Gasteiger partial charge in [0, 0.05) is 18.4 Å². The van der Waals surface area contributed by atoms with Gasteiger partial charge in [0.05, 0.1) is 0 Å². The molecule has 53 heavy (non-hydrogen) atoms. The van der Waals surface area contributed by atoms with Crippen molar-refractivity contribution in [3.63, 3.8) is 0 Å². The van der Waals surface area contributed by atoms with Crippen molar-refractivity contribution in [2.45, 2.75) is 174 Å². The zero-order chi connectivity index (χ0) is 37.9. The van der Waals surface area contributed by atoms with Gasteiger partial charge in [-0.15, -0.1) is 0 Å². The SMILES string of the molecule is CCCCCCCCCCCCCC(=O)OC(OC(=O)CCCCCCCCCCCCC)c1ccc(-c2ccc(O)cc2)cc1-c1ccc(O)cc1. The van der Waals surface area contributed by atoms with Crippen LogP contribution in [0.2, 0.25) is 0 Å². The molecule has 0 atom stereocenters. The maximum atomic E-state index is 13.3. The van der Waals surface area contributed by atoms with Crippen molar-refractivity contribution in [1.82, 2.24) is 0 Å². The standard InChI is InChI=1S/C47H68O6/c1-3-5-7-9-11-13-15-17-19-21-23-25-45(50)52-47(53-46(51)26-24-22-20-18-16-14-12-10-8-6-4-2)43-36-31-40(38-27-32-41(48)33-28-38)37-44(43)39-29-34-42(49)35-30-39/h27-37,47-49H,3-26H2,1-2H3. The molecule has 0 spiro atoms. The van der Waals surface area contributed by atoms with E-state index in [4.69, 9.17) is 9.47 Å². The minimum atomic E-state index is -1.20. The van der Waals surface area contributed by atoms with Crippen molar-refractivity contribution in [2.24, 2.45) is 0 Å². The van der Waals surface area contributed by atoms with Gasteiger partial charge >= 0.3 is 11.9 Å². The summed E-state index contributed by atoms with van der Waals surface area (Å²) in [6, 6.07) is 19.5. The van der Waals surface area contributed by atoms with Gasteiger partial charge in [0.1, 0.15) is 11.5 Å². The Labute approximate surface area is 320 Å². The van der Waals surface area contributed by atoms with Gasteiger partial charge < -0.3 is 19.7 Å². The summed E-state index contributed by atoms with van der Waals surface area (Å²) in [5.74, 6) is -0.447. The van der Waals surface area contributed by atoms with E-state index in [1.165, 1.54) is 103 Å². The fourth-order valence-electron chi connectivity index (χ4n) is 6.86. The minimum Gasteiger partial charge on any atom is -0.508 e. The summed E-state index contributed by atoms with van der Waals surface area (Å²) >= 11 is 0. The predicted molar refractivity (Wildman–Crippen MR) is 218 cm³/mol. The van der Waals surface area contributed by atoms with E-state index >= 15 is 0 Å². The van der Waals surface area contributed by atoms with Crippen LogP contribution in [0, 0.1) is 0 Å². The van der Waals surface area contributed by atoms with E-state index in [1.807, 2.05) is 30.3 Å². The zero-order valence-corrected chi connectivity index (χ0v) is 32.9. The maximum Gasteiger partial charge on any atom is 0.309 e. The Balaban J connectivity index is 1.64. The summed E-state index contributed by atoms with van der Waals surface area (Å²) in [6.45, 7) is 4.49. The van der Waals surface area contributed by atoms with Crippen LogP contribution in [0.4, 0.5) is 0 Å². The lowest BCUT2D eigenvalue weighted by molar-refractivity contribution is -0.189. The second-order valence-electron chi connectivity index (χ2n) is 14.8. The normalized spacial score (nSPS) is 11.2. The van der Waals surface area contributed by atoms with Crippen molar-refractivity contribution in [3.05, 3.63) is 72.3 Å². The molecule has 3 rings (SSSR count). The molecule has 0 bridgehead atoms. The number of carbonyl (C=O) groups is 2. The van der Waals surface area contributed by atoms with E-state index in [1.54, 1.807) is 36.4 Å². The van der Waals surface area contributed by atoms with Crippen molar-refractivity contribution >= 4 is 11.9 Å². The third-order valence-corrected chi connectivity index (χ3v) is 10.1. The third kappa shape index (κ3) is 18.2. The van der Waals surface area contributed by atoms with E-state index in [0.717, 1.165) is 60.8 Å². The molecule has 0 fully saturated rings. The number of phenolic OH excluding ortho intramolecular Hbond substituents is 2. The lowest BCUT2D eigenvalue weighted by Crippen LogP contribution is -2.19. The fourth-order valence-corrected chi connectivity index (χ4v) is 6.86. The van der Waals surface area contributed by atoms with E-state index in [2.05, 4.69) is 13.8 Å². The molecule has 0 aliphatic rings. The topological polar surface area (TPSA) is 93.1 Å². The van der Waals surface area contributed by atoms with E-state index < -0.39 is 6.29 Å². The molecule has 0 aromatic heterocycles. The van der Waals surface area contributed by atoms with Crippen LogP contribution in [0.25, 0.3) is 22.3 Å². The van der Waals surface area contributed by atoms with Crippen LogP contribution in [0.3, 0.4) is 0 Å². The average molecular weight is 729 g/mol. The smallest absolute Gasteiger partial charge is 0.309 e. The van der Waals surface area contributed by atoms with Crippen LogP contribution in [-0.4, -0.2) is 22.2 Å². The molecule has 0 aliphatic carbocycles. The third-order valence-electron chi connectivity index (χ3n) is 10.1. The Kier molecular flexibility index (Phi) is 22.1. The molecule has 6 heteroatoms. The number of benzene rings is 3. The first-order chi connectivity index (χ1) is 25.9. The first-order valence-electron chi connectivity index (χ1n) is 21.0. The lowest BCUT2D eigenvalue weighted by atomic mass is 9.94. The van der Waals surface area contributed by atoms with Crippen LogP contribution >= 0.6 is 0 Å². The zero-order valence-electron chi connectivity index (χ0n) is 32.9. The summed E-state index contributed by atoms with van der Waals surface area (Å²) < 4.78 is 12.0. The number of carbonyl (C=O) groups excluding carboxylic acids is 2. The molecular formula is C47H68O6. The van der Waals surface area contributed by atoms with Gasteiger partial charge in [-0.3, -0.25) is 9.59 Å². The summed E-state index contributed by atoms with van der Waals surface area (Å²) in [5, 5.41) is 19.9. The number of esters is 2. The molecule has 0 amide bonds.